The second-order valence-electron chi connectivity index (χ2n) is 10.5. The topological polar surface area (TPSA) is 8.81 Å². The van der Waals surface area contributed by atoms with E-state index in [1.165, 1.54) is 77.7 Å². The van der Waals surface area contributed by atoms with Crippen LogP contribution in [-0.4, -0.2) is 4.57 Å². The van der Waals surface area contributed by atoms with Crippen molar-refractivity contribution in [1.82, 2.24) is 4.57 Å². The van der Waals surface area contributed by atoms with Crippen LogP contribution < -0.4 is 4.57 Å². The summed E-state index contributed by atoms with van der Waals surface area (Å²) in [4.78, 5) is 0. The molecule has 2 heterocycles. The summed E-state index contributed by atoms with van der Waals surface area (Å²) in [5, 5.41) is 2.54. The Morgan fingerprint density at radius 2 is 0.949 bits per heavy atom. The Balaban J connectivity index is 1.53. The fraction of sp³-hybridized carbons (Fsp3) is 0.0541. The van der Waals surface area contributed by atoms with Gasteiger partial charge in [-0.1, -0.05) is 84.9 Å². The van der Waals surface area contributed by atoms with E-state index in [2.05, 4.69) is 151 Å². The highest BCUT2D eigenvalue weighted by molar-refractivity contribution is 6.08. The quantitative estimate of drug-likeness (QED) is 0.199. The summed E-state index contributed by atoms with van der Waals surface area (Å²) in [6, 6.07) is 44.5. The van der Waals surface area contributed by atoms with E-state index in [4.69, 9.17) is 0 Å². The molecule has 0 spiro atoms. The Hall–Kier alpha value is -4.95. The first-order valence-corrected chi connectivity index (χ1v) is 13.5. The number of hydrogen-bond acceptors (Lipinski definition) is 0. The lowest BCUT2D eigenvalue weighted by molar-refractivity contribution is -0.647. The molecule has 8 rings (SSSR count). The van der Waals surface area contributed by atoms with Crippen molar-refractivity contribution in [2.45, 2.75) is 6.92 Å². The molecule has 0 atom stereocenters. The Morgan fingerprint density at radius 3 is 1.54 bits per heavy atom. The summed E-state index contributed by atoms with van der Waals surface area (Å²) in [5.74, 6) is 0. The van der Waals surface area contributed by atoms with Gasteiger partial charge in [-0.25, -0.2) is 4.57 Å². The van der Waals surface area contributed by atoms with Gasteiger partial charge in [0, 0.05) is 5.39 Å². The Morgan fingerprint density at radius 1 is 0.487 bits per heavy atom. The molecule has 0 aliphatic heterocycles. The molecule has 0 radical (unpaired) electrons. The van der Waals surface area contributed by atoms with Crippen LogP contribution in [0.15, 0.2) is 128 Å². The first kappa shape index (κ1) is 22.1. The maximum atomic E-state index is 2.45. The molecule has 0 fully saturated rings. The van der Waals surface area contributed by atoms with Crippen LogP contribution in [0.1, 0.15) is 5.56 Å². The molecular weight excluding hydrogens is 472 g/mol. The molecule has 0 unspecified atom stereocenters. The van der Waals surface area contributed by atoms with Crippen LogP contribution >= 0.6 is 0 Å². The van der Waals surface area contributed by atoms with Crippen molar-refractivity contribution in [3.63, 3.8) is 0 Å². The molecule has 2 heteroatoms. The van der Waals surface area contributed by atoms with E-state index in [-0.39, 0.29) is 0 Å². The van der Waals surface area contributed by atoms with Crippen molar-refractivity contribution in [2.24, 2.45) is 7.05 Å². The lowest BCUT2D eigenvalue weighted by atomic mass is 9.80. The Bertz CT molecular complexity index is 2090. The smallest absolute Gasteiger partial charge is 0.236 e. The highest BCUT2D eigenvalue weighted by Crippen LogP contribution is 2.48. The molecule has 0 saturated carbocycles. The largest absolute Gasteiger partial charge is 0.294 e. The average molecular weight is 500 g/mol. The zero-order chi connectivity index (χ0) is 26.1. The molecule has 0 saturated heterocycles. The van der Waals surface area contributed by atoms with Crippen molar-refractivity contribution >= 4 is 21.9 Å². The fourth-order valence-electron chi connectivity index (χ4n) is 6.59. The molecule has 184 valence electrons. The molecule has 0 bridgehead atoms. The number of pyridine rings is 1. The van der Waals surface area contributed by atoms with Crippen LogP contribution in [-0.2, 0) is 7.05 Å². The lowest BCUT2D eigenvalue weighted by Crippen LogP contribution is -2.30. The zero-order valence-corrected chi connectivity index (χ0v) is 22.0. The van der Waals surface area contributed by atoms with E-state index in [0.717, 1.165) is 0 Å². The van der Waals surface area contributed by atoms with E-state index in [0.29, 0.717) is 0 Å². The Kier molecular flexibility index (Phi) is 4.68. The van der Waals surface area contributed by atoms with Crippen molar-refractivity contribution in [1.29, 1.82) is 0 Å². The standard InChI is InChI=1S/C37H27N2/c1-24-22-33-29-16-7-5-14-27(29)25-12-3-4-13-26(25)28-15-6-8-17-30(28)34(33)23-36(24)39-35-20-10-9-18-31(35)32-19-11-21-38(2)37(32)39/h3-23H,1-2H3/q+1. The van der Waals surface area contributed by atoms with Gasteiger partial charge in [0.1, 0.15) is 11.2 Å². The SMILES string of the molecule is Cc1cc2c(cc1-n1c3ccccc3c3ccc[n+](C)c31)-c1ccccc1-c1ccccc1-c1ccccc1-2. The second kappa shape index (κ2) is 8.28. The molecule has 5 aromatic carbocycles. The molecule has 1 aliphatic rings. The molecular formula is C37H27N2+. The van der Waals surface area contributed by atoms with Crippen LogP contribution in [0.4, 0.5) is 0 Å². The van der Waals surface area contributed by atoms with Crippen LogP contribution in [0.25, 0.3) is 72.1 Å². The molecule has 2 nitrogen and oxygen atoms in total. The number of aryl methyl sites for hydroxylation is 2. The number of benzene rings is 5. The minimum Gasteiger partial charge on any atom is -0.236 e. The number of nitrogens with zero attached hydrogens (tertiary/aromatic N) is 2. The number of hydrogen-bond donors (Lipinski definition) is 0. The van der Waals surface area contributed by atoms with Crippen molar-refractivity contribution in [2.75, 3.05) is 0 Å². The Labute approximate surface area is 228 Å². The van der Waals surface area contributed by atoms with Gasteiger partial charge in [-0.3, -0.25) is 0 Å². The minimum absolute atomic E-state index is 1.20. The summed E-state index contributed by atoms with van der Waals surface area (Å²) in [5.41, 5.74) is 15.1. The van der Waals surface area contributed by atoms with Crippen LogP contribution in [0.5, 0.6) is 0 Å². The summed E-state index contributed by atoms with van der Waals surface area (Å²) in [6.07, 6.45) is 2.14. The number of rotatable bonds is 1. The third-order valence-electron chi connectivity index (χ3n) is 8.31. The highest BCUT2D eigenvalue weighted by Gasteiger charge is 2.27. The molecule has 2 aromatic heterocycles. The molecule has 1 aliphatic carbocycles. The predicted octanol–water partition coefficient (Wildman–Crippen LogP) is 8.90. The van der Waals surface area contributed by atoms with Crippen LogP contribution in [0, 0.1) is 6.92 Å². The van der Waals surface area contributed by atoms with Gasteiger partial charge in [0.15, 0.2) is 0 Å². The second-order valence-corrected chi connectivity index (χ2v) is 10.5. The van der Waals surface area contributed by atoms with Gasteiger partial charge < -0.3 is 0 Å². The van der Waals surface area contributed by atoms with Crippen molar-refractivity contribution in [3.8, 4) is 50.2 Å². The zero-order valence-electron chi connectivity index (χ0n) is 22.0. The maximum absolute atomic E-state index is 2.45. The van der Waals surface area contributed by atoms with E-state index >= 15 is 0 Å². The summed E-state index contributed by atoms with van der Waals surface area (Å²) >= 11 is 0. The van der Waals surface area contributed by atoms with Gasteiger partial charge in [-0.15, -0.1) is 0 Å². The normalized spacial score (nSPS) is 11.8. The first-order valence-electron chi connectivity index (χ1n) is 13.5. The average Bonchev–Trinajstić information content (AvgIpc) is 3.32. The van der Waals surface area contributed by atoms with Crippen molar-refractivity contribution in [3.05, 3.63) is 133 Å². The summed E-state index contributed by atoms with van der Waals surface area (Å²) in [7, 11) is 2.14. The molecule has 7 aromatic rings. The van der Waals surface area contributed by atoms with E-state index in [1.54, 1.807) is 0 Å². The van der Waals surface area contributed by atoms with Crippen molar-refractivity contribution < 1.29 is 4.57 Å². The van der Waals surface area contributed by atoms with E-state index < -0.39 is 0 Å². The monoisotopic (exact) mass is 499 g/mol. The fourth-order valence-corrected chi connectivity index (χ4v) is 6.59. The summed E-state index contributed by atoms with van der Waals surface area (Å²) in [6.45, 7) is 2.25. The molecule has 39 heavy (non-hydrogen) atoms. The molecule has 0 N–H and O–H groups in total. The van der Waals surface area contributed by atoms with Crippen LogP contribution in [0.3, 0.4) is 0 Å². The van der Waals surface area contributed by atoms with E-state index in [1.807, 2.05) is 0 Å². The lowest BCUT2D eigenvalue weighted by Gasteiger charge is -2.24. The van der Waals surface area contributed by atoms with Crippen LogP contribution in [0.2, 0.25) is 0 Å². The number of fused-ring (bicyclic) bond motifs is 11. The maximum Gasteiger partial charge on any atom is 0.294 e. The minimum atomic E-state index is 1.20. The third kappa shape index (κ3) is 3.12. The highest BCUT2D eigenvalue weighted by atomic mass is 15.1. The third-order valence-corrected chi connectivity index (χ3v) is 8.31. The van der Waals surface area contributed by atoms with Gasteiger partial charge in [0.25, 0.3) is 5.65 Å². The van der Waals surface area contributed by atoms with Gasteiger partial charge in [0.05, 0.1) is 18.6 Å². The first-order chi connectivity index (χ1) is 19.2. The van der Waals surface area contributed by atoms with Gasteiger partial charge in [-0.2, -0.15) is 4.57 Å². The van der Waals surface area contributed by atoms with Gasteiger partial charge in [0.2, 0.25) is 0 Å². The predicted molar refractivity (Wildman–Crippen MR) is 162 cm³/mol. The molecule has 0 amide bonds. The van der Waals surface area contributed by atoms with Gasteiger partial charge in [-0.05, 0) is 93.4 Å². The van der Waals surface area contributed by atoms with Gasteiger partial charge >= 0.3 is 0 Å². The number of para-hydroxylation sites is 1. The summed E-state index contributed by atoms with van der Waals surface area (Å²) < 4.78 is 4.69. The van der Waals surface area contributed by atoms with E-state index in [9.17, 15) is 0 Å². The number of aromatic nitrogens is 2.